The van der Waals surface area contributed by atoms with E-state index in [-0.39, 0.29) is 5.91 Å². The Morgan fingerprint density at radius 2 is 2.10 bits per heavy atom. The van der Waals surface area contributed by atoms with E-state index in [1.54, 1.807) is 6.07 Å². The molecule has 1 heterocycles. The monoisotopic (exact) mass is 282 g/mol. The van der Waals surface area contributed by atoms with Crippen LogP contribution in [0, 0.1) is 5.92 Å². The second-order valence-electron chi connectivity index (χ2n) is 6.11. The Morgan fingerprint density at radius 3 is 2.86 bits per heavy atom. The molecular formula is C17H18N2O2. The average Bonchev–Trinajstić information content (AvgIpc) is 3.44. The number of hydrogen-bond acceptors (Lipinski definition) is 3. The lowest BCUT2D eigenvalue weighted by atomic mass is 10.1. The summed E-state index contributed by atoms with van der Waals surface area (Å²) in [5.41, 5.74) is 1.78. The van der Waals surface area contributed by atoms with Gasteiger partial charge >= 0.3 is 0 Å². The molecule has 1 N–H and O–H groups in total. The maximum atomic E-state index is 12.0. The summed E-state index contributed by atoms with van der Waals surface area (Å²) in [6.07, 6.45) is 3.45. The highest BCUT2D eigenvalue weighted by molar-refractivity contribution is 5.92. The Bertz CT molecular complexity index is 646. The summed E-state index contributed by atoms with van der Waals surface area (Å²) < 4.78 is 5.21. The molecule has 2 aliphatic rings. The van der Waals surface area contributed by atoms with Crippen molar-refractivity contribution < 1.29 is 9.32 Å². The van der Waals surface area contributed by atoms with Gasteiger partial charge in [-0.2, -0.15) is 0 Å². The number of nitrogens with one attached hydrogen (secondary N) is 1. The number of aromatic nitrogens is 1. The highest BCUT2D eigenvalue weighted by atomic mass is 16.5. The highest BCUT2D eigenvalue weighted by Crippen LogP contribution is 2.46. The zero-order valence-electron chi connectivity index (χ0n) is 11.8. The van der Waals surface area contributed by atoms with E-state index in [1.165, 1.54) is 5.56 Å². The first-order valence-corrected chi connectivity index (χ1v) is 7.61. The second kappa shape index (κ2) is 5.02. The van der Waals surface area contributed by atoms with E-state index in [2.05, 4.69) is 34.7 Å². The van der Waals surface area contributed by atoms with Crippen LogP contribution >= 0.6 is 0 Å². The molecule has 0 saturated heterocycles. The van der Waals surface area contributed by atoms with Crippen molar-refractivity contribution in [2.45, 2.75) is 31.1 Å². The molecule has 2 atom stereocenters. The Hall–Kier alpha value is -2.10. The lowest BCUT2D eigenvalue weighted by Crippen LogP contribution is -2.26. The third-order valence-corrected chi connectivity index (χ3v) is 4.42. The van der Waals surface area contributed by atoms with Gasteiger partial charge in [-0.15, -0.1) is 0 Å². The molecule has 4 nitrogen and oxygen atoms in total. The molecule has 0 unspecified atom stereocenters. The van der Waals surface area contributed by atoms with Gasteiger partial charge in [0.05, 0.1) is 0 Å². The number of benzene rings is 1. The number of carbonyl (C=O) groups excluding carboxylic acids is 1. The normalized spacial score (nSPS) is 23.8. The molecule has 2 fully saturated rings. The predicted molar refractivity (Wildman–Crippen MR) is 78.1 cm³/mol. The molecule has 4 rings (SSSR count). The average molecular weight is 282 g/mol. The van der Waals surface area contributed by atoms with E-state index in [0.717, 1.165) is 25.0 Å². The van der Waals surface area contributed by atoms with Crippen molar-refractivity contribution >= 4 is 5.91 Å². The van der Waals surface area contributed by atoms with Gasteiger partial charge in [0.2, 0.25) is 0 Å². The second-order valence-corrected chi connectivity index (χ2v) is 6.11. The van der Waals surface area contributed by atoms with Gasteiger partial charge in [-0.05, 0) is 36.7 Å². The standard InChI is InChI=1S/C17H18N2O2/c20-17(15-9-16(21-19-15)12-6-7-12)18-10-13-8-14(13)11-4-2-1-3-5-11/h1-5,9,12-14H,6-8,10H2,(H,18,20)/t13-,14+/m0/s1. The molecule has 1 aromatic heterocycles. The predicted octanol–water partition coefficient (Wildman–Crippen LogP) is 3.09. The Kier molecular flexibility index (Phi) is 3.02. The van der Waals surface area contributed by atoms with Crippen molar-refractivity contribution in [2.75, 3.05) is 6.54 Å². The zero-order chi connectivity index (χ0) is 14.2. The fourth-order valence-corrected chi connectivity index (χ4v) is 2.85. The van der Waals surface area contributed by atoms with Gasteiger partial charge in [0.15, 0.2) is 5.69 Å². The van der Waals surface area contributed by atoms with Crippen LogP contribution in [0.2, 0.25) is 0 Å². The van der Waals surface area contributed by atoms with Crippen LogP contribution in [0.5, 0.6) is 0 Å². The van der Waals surface area contributed by atoms with Gasteiger partial charge in [-0.25, -0.2) is 0 Å². The van der Waals surface area contributed by atoms with E-state index in [1.807, 2.05) is 6.07 Å². The van der Waals surface area contributed by atoms with Gasteiger partial charge in [-0.1, -0.05) is 35.5 Å². The minimum absolute atomic E-state index is 0.121. The van der Waals surface area contributed by atoms with Gasteiger partial charge in [0.1, 0.15) is 5.76 Å². The molecule has 108 valence electrons. The van der Waals surface area contributed by atoms with Crippen LogP contribution < -0.4 is 5.32 Å². The Morgan fingerprint density at radius 1 is 1.29 bits per heavy atom. The number of amides is 1. The third kappa shape index (κ3) is 2.71. The molecular weight excluding hydrogens is 264 g/mol. The topological polar surface area (TPSA) is 55.1 Å². The molecule has 4 heteroatoms. The van der Waals surface area contributed by atoms with Crippen molar-refractivity contribution in [3.63, 3.8) is 0 Å². The summed E-state index contributed by atoms with van der Waals surface area (Å²) in [7, 11) is 0. The molecule has 0 aliphatic heterocycles. The maximum absolute atomic E-state index is 12.0. The lowest BCUT2D eigenvalue weighted by Gasteiger charge is -2.02. The molecule has 2 aliphatic carbocycles. The van der Waals surface area contributed by atoms with Crippen LogP contribution in [0.3, 0.4) is 0 Å². The van der Waals surface area contributed by atoms with Crippen LogP contribution in [-0.4, -0.2) is 17.6 Å². The molecule has 2 saturated carbocycles. The summed E-state index contributed by atoms with van der Waals surface area (Å²) >= 11 is 0. The molecule has 1 aromatic carbocycles. The van der Waals surface area contributed by atoms with Crippen LogP contribution in [0.1, 0.15) is 52.9 Å². The smallest absolute Gasteiger partial charge is 0.273 e. The first kappa shape index (κ1) is 12.6. The van der Waals surface area contributed by atoms with Crippen molar-refractivity contribution in [1.82, 2.24) is 10.5 Å². The van der Waals surface area contributed by atoms with E-state index in [0.29, 0.717) is 30.0 Å². The first-order chi connectivity index (χ1) is 10.3. The van der Waals surface area contributed by atoms with Gasteiger partial charge in [0, 0.05) is 18.5 Å². The molecule has 1 amide bonds. The number of hydrogen-bond donors (Lipinski definition) is 1. The fourth-order valence-electron chi connectivity index (χ4n) is 2.85. The van der Waals surface area contributed by atoms with E-state index in [4.69, 9.17) is 4.52 Å². The number of carbonyl (C=O) groups is 1. The van der Waals surface area contributed by atoms with Crippen LogP contribution in [0.15, 0.2) is 40.9 Å². The van der Waals surface area contributed by atoms with Crippen molar-refractivity contribution in [1.29, 1.82) is 0 Å². The van der Waals surface area contributed by atoms with E-state index < -0.39 is 0 Å². The van der Waals surface area contributed by atoms with Gasteiger partial charge in [-0.3, -0.25) is 4.79 Å². The Balaban J connectivity index is 1.30. The largest absolute Gasteiger partial charge is 0.360 e. The van der Waals surface area contributed by atoms with Crippen molar-refractivity contribution in [3.8, 4) is 0 Å². The summed E-state index contributed by atoms with van der Waals surface area (Å²) in [5.74, 6) is 2.36. The van der Waals surface area contributed by atoms with Crippen LogP contribution in [0.25, 0.3) is 0 Å². The number of rotatable bonds is 5. The lowest BCUT2D eigenvalue weighted by molar-refractivity contribution is 0.0942. The molecule has 0 radical (unpaired) electrons. The summed E-state index contributed by atoms with van der Waals surface area (Å²) in [4.78, 5) is 12.0. The summed E-state index contributed by atoms with van der Waals surface area (Å²) in [5, 5.41) is 6.84. The Labute approximate surface area is 123 Å². The number of nitrogens with zero attached hydrogens (tertiary/aromatic N) is 1. The van der Waals surface area contributed by atoms with Gasteiger partial charge in [0.25, 0.3) is 5.91 Å². The SMILES string of the molecule is O=C(NC[C@@H]1C[C@@H]1c1ccccc1)c1cc(C2CC2)on1. The summed E-state index contributed by atoms with van der Waals surface area (Å²) in [6.45, 7) is 0.712. The van der Waals surface area contributed by atoms with E-state index >= 15 is 0 Å². The first-order valence-electron chi connectivity index (χ1n) is 7.61. The third-order valence-electron chi connectivity index (χ3n) is 4.42. The van der Waals surface area contributed by atoms with Crippen LogP contribution in [0.4, 0.5) is 0 Å². The van der Waals surface area contributed by atoms with Gasteiger partial charge < -0.3 is 9.84 Å². The minimum Gasteiger partial charge on any atom is -0.360 e. The maximum Gasteiger partial charge on any atom is 0.273 e. The summed E-state index contributed by atoms with van der Waals surface area (Å²) in [6, 6.07) is 12.3. The quantitative estimate of drug-likeness (QED) is 0.917. The highest BCUT2D eigenvalue weighted by Gasteiger charge is 2.38. The fraction of sp³-hybridized carbons (Fsp3) is 0.412. The van der Waals surface area contributed by atoms with Crippen LogP contribution in [-0.2, 0) is 0 Å². The molecule has 0 bridgehead atoms. The molecule has 21 heavy (non-hydrogen) atoms. The molecule has 0 spiro atoms. The zero-order valence-corrected chi connectivity index (χ0v) is 11.8. The van der Waals surface area contributed by atoms with E-state index in [9.17, 15) is 4.79 Å². The van der Waals surface area contributed by atoms with Crippen molar-refractivity contribution in [3.05, 3.63) is 53.4 Å². The molecule has 2 aromatic rings. The minimum atomic E-state index is -0.121. The van der Waals surface area contributed by atoms with Crippen molar-refractivity contribution in [2.24, 2.45) is 5.92 Å².